The van der Waals surface area contributed by atoms with Gasteiger partial charge in [0.25, 0.3) is 0 Å². The van der Waals surface area contributed by atoms with E-state index in [1.165, 1.54) is 38.5 Å². The average Bonchev–Trinajstić information content (AvgIpc) is 2.66. The van der Waals surface area contributed by atoms with Crippen LogP contribution >= 0.6 is 0 Å². The van der Waals surface area contributed by atoms with Crippen molar-refractivity contribution < 1.29 is 0 Å². The highest BCUT2D eigenvalue weighted by atomic mass is 15.2. The van der Waals surface area contributed by atoms with Gasteiger partial charge in [0.15, 0.2) is 0 Å². The zero-order valence-corrected chi connectivity index (χ0v) is 12.0. The molecule has 1 aliphatic rings. The number of nitrogen functional groups attached to an aromatic ring is 1. The topological polar surface area (TPSA) is 67.1 Å². The number of nitrogens with zero attached hydrogens (tertiary/aromatic N) is 3. The zero-order valence-electron chi connectivity index (χ0n) is 12.0. The van der Waals surface area contributed by atoms with E-state index in [0.29, 0.717) is 12.0 Å². The molecule has 0 bridgehead atoms. The van der Waals surface area contributed by atoms with Gasteiger partial charge in [-0.15, -0.1) is 0 Å². The van der Waals surface area contributed by atoms with Crippen molar-refractivity contribution in [3.05, 3.63) is 6.07 Å². The summed E-state index contributed by atoms with van der Waals surface area (Å²) in [5.41, 5.74) is 5.80. The van der Waals surface area contributed by atoms with Gasteiger partial charge in [0, 0.05) is 25.7 Å². The second-order valence-electron chi connectivity index (χ2n) is 5.26. The fourth-order valence-corrected chi connectivity index (χ4v) is 2.74. The van der Waals surface area contributed by atoms with E-state index in [2.05, 4.69) is 27.2 Å². The molecule has 1 aromatic rings. The van der Waals surface area contributed by atoms with Crippen molar-refractivity contribution in [2.45, 2.75) is 51.5 Å². The smallest absolute Gasteiger partial charge is 0.223 e. The molecule has 2 rings (SSSR count). The molecule has 0 unspecified atom stereocenters. The highest BCUT2D eigenvalue weighted by Gasteiger charge is 2.19. The predicted molar refractivity (Wildman–Crippen MR) is 80.5 cm³/mol. The van der Waals surface area contributed by atoms with Gasteiger partial charge in [-0.05, 0) is 19.8 Å². The molecule has 0 radical (unpaired) electrons. The minimum atomic E-state index is 0.342. The molecule has 106 valence electrons. The Balaban J connectivity index is 2.14. The Morgan fingerprint density at radius 2 is 1.95 bits per heavy atom. The summed E-state index contributed by atoms with van der Waals surface area (Å²) < 4.78 is 0. The second-order valence-corrected chi connectivity index (χ2v) is 5.26. The van der Waals surface area contributed by atoms with E-state index in [0.717, 1.165) is 18.2 Å². The Kier molecular flexibility index (Phi) is 4.82. The molecule has 1 fully saturated rings. The molecule has 1 aromatic heterocycles. The van der Waals surface area contributed by atoms with Crippen LogP contribution in [0.3, 0.4) is 0 Å². The van der Waals surface area contributed by atoms with Crippen molar-refractivity contribution in [3.8, 4) is 0 Å². The predicted octanol–water partition coefficient (Wildman–Crippen LogP) is 2.65. The minimum absolute atomic E-state index is 0.342. The summed E-state index contributed by atoms with van der Waals surface area (Å²) in [7, 11) is 2.12. The molecule has 0 saturated heterocycles. The van der Waals surface area contributed by atoms with E-state index in [4.69, 9.17) is 5.73 Å². The van der Waals surface area contributed by atoms with Crippen LogP contribution in [0.1, 0.15) is 45.4 Å². The summed E-state index contributed by atoms with van der Waals surface area (Å²) in [6.07, 6.45) is 7.84. The molecule has 5 nitrogen and oxygen atoms in total. The first-order valence-electron chi connectivity index (χ1n) is 7.32. The van der Waals surface area contributed by atoms with Crippen LogP contribution in [0.5, 0.6) is 0 Å². The van der Waals surface area contributed by atoms with Gasteiger partial charge in [0.2, 0.25) is 5.95 Å². The maximum absolute atomic E-state index is 5.80. The molecule has 0 spiro atoms. The number of rotatable bonds is 4. The van der Waals surface area contributed by atoms with Crippen LogP contribution in [0.15, 0.2) is 6.07 Å². The standard InChI is InChI=1S/C14H25N5/c1-3-16-12-10-13(18-14(15)17-12)19(2)11-8-6-4-5-7-9-11/h10-11H,3-9H2,1-2H3,(H3,15,16,17,18). The van der Waals surface area contributed by atoms with Crippen molar-refractivity contribution in [1.29, 1.82) is 0 Å². The molecular weight excluding hydrogens is 238 g/mol. The van der Waals surface area contributed by atoms with E-state index < -0.39 is 0 Å². The quantitative estimate of drug-likeness (QED) is 0.817. The molecular formula is C14H25N5. The highest BCUT2D eigenvalue weighted by Crippen LogP contribution is 2.25. The Bertz CT molecular complexity index is 399. The van der Waals surface area contributed by atoms with Crippen molar-refractivity contribution in [2.24, 2.45) is 0 Å². The third kappa shape index (κ3) is 3.72. The number of aromatic nitrogens is 2. The third-order valence-electron chi connectivity index (χ3n) is 3.82. The number of nitrogens with one attached hydrogen (secondary N) is 1. The maximum atomic E-state index is 5.80. The van der Waals surface area contributed by atoms with Gasteiger partial charge in [0.1, 0.15) is 11.6 Å². The number of anilines is 3. The van der Waals surface area contributed by atoms with Gasteiger partial charge in [-0.25, -0.2) is 0 Å². The van der Waals surface area contributed by atoms with Crippen LogP contribution in [0.4, 0.5) is 17.6 Å². The highest BCUT2D eigenvalue weighted by molar-refractivity contribution is 5.52. The molecule has 0 aliphatic heterocycles. The van der Waals surface area contributed by atoms with Crippen LogP contribution < -0.4 is 16.0 Å². The molecule has 0 amide bonds. The van der Waals surface area contributed by atoms with Gasteiger partial charge >= 0.3 is 0 Å². The summed E-state index contributed by atoms with van der Waals surface area (Å²) in [6, 6.07) is 2.57. The van der Waals surface area contributed by atoms with E-state index in [1.54, 1.807) is 0 Å². The molecule has 0 aromatic carbocycles. The lowest BCUT2D eigenvalue weighted by molar-refractivity contribution is 0.549. The minimum Gasteiger partial charge on any atom is -0.370 e. The lowest BCUT2D eigenvalue weighted by Gasteiger charge is -2.28. The number of nitrogens with two attached hydrogens (primary N) is 1. The molecule has 0 atom stereocenters. The average molecular weight is 263 g/mol. The monoisotopic (exact) mass is 263 g/mol. The molecule has 5 heteroatoms. The third-order valence-corrected chi connectivity index (χ3v) is 3.82. The van der Waals surface area contributed by atoms with Gasteiger partial charge in [-0.3, -0.25) is 0 Å². The maximum Gasteiger partial charge on any atom is 0.223 e. The van der Waals surface area contributed by atoms with Crippen LogP contribution in [-0.4, -0.2) is 29.6 Å². The van der Waals surface area contributed by atoms with Gasteiger partial charge in [0.05, 0.1) is 0 Å². The van der Waals surface area contributed by atoms with Gasteiger partial charge in [-0.1, -0.05) is 25.7 Å². The lowest BCUT2D eigenvalue weighted by atomic mass is 10.1. The van der Waals surface area contributed by atoms with Crippen LogP contribution in [0.25, 0.3) is 0 Å². The van der Waals surface area contributed by atoms with Crippen LogP contribution in [-0.2, 0) is 0 Å². The normalized spacial score (nSPS) is 16.9. The van der Waals surface area contributed by atoms with Crippen molar-refractivity contribution in [3.63, 3.8) is 0 Å². The van der Waals surface area contributed by atoms with Crippen molar-refractivity contribution >= 4 is 17.6 Å². The molecule has 19 heavy (non-hydrogen) atoms. The Hall–Kier alpha value is -1.52. The van der Waals surface area contributed by atoms with Crippen LogP contribution in [0.2, 0.25) is 0 Å². The Labute approximate surface area is 115 Å². The summed E-state index contributed by atoms with van der Waals surface area (Å²) in [5.74, 6) is 2.08. The first kappa shape index (κ1) is 13.9. The zero-order chi connectivity index (χ0) is 13.7. The van der Waals surface area contributed by atoms with Gasteiger partial charge in [-0.2, -0.15) is 9.97 Å². The SMILES string of the molecule is CCNc1cc(N(C)C2CCCCCC2)nc(N)n1. The van der Waals surface area contributed by atoms with Gasteiger partial charge < -0.3 is 16.0 Å². The van der Waals surface area contributed by atoms with Crippen molar-refractivity contribution in [1.82, 2.24) is 9.97 Å². The summed E-state index contributed by atoms with van der Waals surface area (Å²) in [4.78, 5) is 10.8. The second kappa shape index (κ2) is 6.59. The van der Waals surface area contributed by atoms with E-state index in [-0.39, 0.29) is 0 Å². The fourth-order valence-electron chi connectivity index (χ4n) is 2.74. The fraction of sp³-hybridized carbons (Fsp3) is 0.714. The number of hydrogen-bond acceptors (Lipinski definition) is 5. The first-order valence-corrected chi connectivity index (χ1v) is 7.32. The number of hydrogen-bond donors (Lipinski definition) is 2. The first-order chi connectivity index (χ1) is 9.20. The largest absolute Gasteiger partial charge is 0.370 e. The Morgan fingerprint density at radius 3 is 2.58 bits per heavy atom. The van der Waals surface area contributed by atoms with E-state index in [1.807, 2.05) is 13.0 Å². The molecule has 1 heterocycles. The molecule has 1 saturated carbocycles. The van der Waals surface area contributed by atoms with E-state index in [9.17, 15) is 0 Å². The Morgan fingerprint density at radius 1 is 1.26 bits per heavy atom. The van der Waals surface area contributed by atoms with Crippen molar-refractivity contribution in [2.75, 3.05) is 29.5 Å². The molecule has 3 N–H and O–H groups in total. The lowest BCUT2D eigenvalue weighted by Crippen LogP contribution is -2.32. The summed E-state index contributed by atoms with van der Waals surface area (Å²) >= 11 is 0. The molecule has 1 aliphatic carbocycles. The van der Waals surface area contributed by atoms with Crippen LogP contribution in [0, 0.1) is 0 Å². The summed E-state index contributed by atoms with van der Waals surface area (Å²) in [6.45, 7) is 2.88. The summed E-state index contributed by atoms with van der Waals surface area (Å²) in [5, 5.41) is 3.20. The van der Waals surface area contributed by atoms with E-state index >= 15 is 0 Å².